The van der Waals surface area contributed by atoms with E-state index in [1.165, 1.54) is 12.3 Å². The highest BCUT2D eigenvalue weighted by Gasteiger charge is 2.42. The molecule has 0 bridgehead atoms. The van der Waals surface area contributed by atoms with Crippen molar-refractivity contribution >= 4 is 11.7 Å². The number of carbonyl (C=O) groups excluding carboxylic acids is 1. The Morgan fingerprint density at radius 3 is 2.69 bits per heavy atom. The first-order chi connectivity index (χ1) is 15.2. The fourth-order valence-electron chi connectivity index (χ4n) is 4.40. The molecule has 2 aliphatic heterocycles. The minimum absolute atomic E-state index is 0.0273. The first-order valence-corrected chi connectivity index (χ1v) is 11.0. The van der Waals surface area contributed by atoms with E-state index in [-0.39, 0.29) is 12.0 Å². The van der Waals surface area contributed by atoms with Gasteiger partial charge in [0.1, 0.15) is 22.9 Å². The SMILES string of the molecule is Cc1cc(C(=O)N2CCC3(CC2)CC(O)C=C(c2cncc(F)c2)O3)ccc1OC(C)C. The smallest absolute Gasteiger partial charge is 0.253 e. The van der Waals surface area contributed by atoms with Crippen LogP contribution in [0.3, 0.4) is 0 Å². The molecular formula is C25H29FN2O4. The van der Waals surface area contributed by atoms with Gasteiger partial charge in [-0.2, -0.15) is 0 Å². The highest BCUT2D eigenvalue weighted by molar-refractivity contribution is 5.94. The second kappa shape index (κ2) is 8.90. The number of nitrogens with zero attached hydrogens (tertiary/aromatic N) is 2. The lowest BCUT2D eigenvalue weighted by molar-refractivity contribution is -0.0527. The Balaban J connectivity index is 1.44. The number of benzene rings is 1. The standard InChI is InChI=1S/C25H29FN2O4/c1-16(2)31-22-5-4-18(10-17(22)3)24(30)28-8-6-25(7-9-28)13-21(29)12-23(32-25)19-11-20(26)15-27-14-19/h4-5,10-12,14-16,21,29H,6-9,13H2,1-3H3. The number of amides is 1. The molecular weight excluding hydrogens is 411 g/mol. The van der Waals surface area contributed by atoms with Gasteiger partial charge < -0.3 is 19.5 Å². The van der Waals surface area contributed by atoms with E-state index >= 15 is 0 Å². The van der Waals surface area contributed by atoms with Crippen molar-refractivity contribution in [1.82, 2.24) is 9.88 Å². The first kappa shape index (κ1) is 22.3. The highest BCUT2D eigenvalue weighted by Crippen LogP contribution is 2.40. The topological polar surface area (TPSA) is 71.9 Å². The second-order valence-corrected chi connectivity index (χ2v) is 8.92. The summed E-state index contributed by atoms with van der Waals surface area (Å²) in [6.45, 7) is 6.91. The number of aryl methyl sites for hydroxylation is 1. The molecule has 1 aromatic heterocycles. The fourth-order valence-corrected chi connectivity index (χ4v) is 4.40. The quantitative estimate of drug-likeness (QED) is 0.775. The van der Waals surface area contributed by atoms with Crippen molar-refractivity contribution in [3.63, 3.8) is 0 Å². The summed E-state index contributed by atoms with van der Waals surface area (Å²) in [5, 5.41) is 10.4. The molecule has 1 N–H and O–H groups in total. The maximum atomic E-state index is 13.6. The van der Waals surface area contributed by atoms with Crippen molar-refractivity contribution in [3.05, 3.63) is 65.2 Å². The van der Waals surface area contributed by atoms with E-state index in [4.69, 9.17) is 9.47 Å². The summed E-state index contributed by atoms with van der Waals surface area (Å²) >= 11 is 0. The number of aliphatic hydroxyl groups excluding tert-OH is 1. The van der Waals surface area contributed by atoms with Gasteiger partial charge in [0.25, 0.3) is 5.91 Å². The van der Waals surface area contributed by atoms with E-state index in [1.807, 2.05) is 37.8 Å². The van der Waals surface area contributed by atoms with Crippen LogP contribution in [0.5, 0.6) is 5.75 Å². The van der Waals surface area contributed by atoms with Crippen LogP contribution in [-0.4, -0.2) is 51.8 Å². The Labute approximate surface area is 187 Å². The van der Waals surface area contributed by atoms with Gasteiger partial charge in [0.15, 0.2) is 0 Å². The van der Waals surface area contributed by atoms with Crippen LogP contribution in [0, 0.1) is 12.7 Å². The zero-order chi connectivity index (χ0) is 22.9. The largest absolute Gasteiger partial charge is 0.491 e. The molecule has 1 unspecified atom stereocenters. The summed E-state index contributed by atoms with van der Waals surface area (Å²) in [4.78, 5) is 18.8. The van der Waals surface area contributed by atoms with Gasteiger partial charge in [0.05, 0.1) is 18.4 Å². The van der Waals surface area contributed by atoms with Crippen molar-refractivity contribution in [2.75, 3.05) is 13.1 Å². The van der Waals surface area contributed by atoms with E-state index < -0.39 is 17.5 Å². The van der Waals surface area contributed by atoms with Crippen LogP contribution < -0.4 is 4.74 Å². The van der Waals surface area contributed by atoms with Crippen LogP contribution in [0.2, 0.25) is 0 Å². The maximum absolute atomic E-state index is 13.6. The summed E-state index contributed by atoms with van der Waals surface area (Å²) in [6, 6.07) is 6.86. The lowest BCUT2D eigenvalue weighted by Gasteiger charge is -2.45. The zero-order valence-corrected chi connectivity index (χ0v) is 18.7. The lowest BCUT2D eigenvalue weighted by atomic mass is 9.83. The predicted octanol–water partition coefficient (Wildman–Crippen LogP) is 4.11. The molecule has 1 aromatic carbocycles. The summed E-state index contributed by atoms with van der Waals surface area (Å²) < 4.78 is 25.6. The van der Waals surface area contributed by atoms with Crippen molar-refractivity contribution in [2.45, 2.75) is 57.8 Å². The van der Waals surface area contributed by atoms with Crippen molar-refractivity contribution in [2.24, 2.45) is 0 Å². The molecule has 6 nitrogen and oxygen atoms in total. The Morgan fingerprint density at radius 1 is 1.28 bits per heavy atom. The van der Waals surface area contributed by atoms with Crippen molar-refractivity contribution in [3.8, 4) is 5.75 Å². The summed E-state index contributed by atoms with van der Waals surface area (Å²) in [5.74, 6) is 0.735. The van der Waals surface area contributed by atoms with E-state index in [1.54, 1.807) is 12.1 Å². The van der Waals surface area contributed by atoms with E-state index in [2.05, 4.69) is 4.98 Å². The molecule has 1 saturated heterocycles. The molecule has 3 heterocycles. The predicted molar refractivity (Wildman–Crippen MR) is 119 cm³/mol. The highest BCUT2D eigenvalue weighted by atomic mass is 19.1. The molecule has 32 heavy (non-hydrogen) atoms. The van der Waals surface area contributed by atoms with Crippen LogP contribution in [0.25, 0.3) is 5.76 Å². The number of likely N-dealkylation sites (tertiary alicyclic amines) is 1. The Morgan fingerprint density at radius 2 is 2.03 bits per heavy atom. The Hall–Kier alpha value is -2.93. The molecule has 1 spiro atoms. The van der Waals surface area contributed by atoms with Gasteiger partial charge in [0.2, 0.25) is 0 Å². The van der Waals surface area contributed by atoms with Gasteiger partial charge in [-0.15, -0.1) is 0 Å². The van der Waals surface area contributed by atoms with Crippen molar-refractivity contribution < 1.29 is 23.8 Å². The average Bonchev–Trinajstić information content (AvgIpc) is 2.74. The number of rotatable bonds is 4. The molecule has 1 fully saturated rings. The number of hydrogen-bond donors (Lipinski definition) is 1. The van der Waals surface area contributed by atoms with Gasteiger partial charge in [-0.25, -0.2) is 4.39 Å². The molecule has 0 radical (unpaired) electrons. The van der Waals surface area contributed by atoms with Gasteiger partial charge in [-0.3, -0.25) is 9.78 Å². The number of carbonyl (C=O) groups is 1. The molecule has 0 aliphatic carbocycles. The minimum atomic E-state index is -0.694. The van der Waals surface area contributed by atoms with Crippen LogP contribution in [0.4, 0.5) is 4.39 Å². The zero-order valence-electron chi connectivity index (χ0n) is 18.7. The number of hydrogen-bond acceptors (Lipinski definition) is 5. The molecule has 7 heteroatoms. The van der Waals surface area contributed by atoms with E-state index in [0.29, 0.717) is 49.2 Å². The van der Waals surface area contributed by atoms with Crippen LogP contribution in [-0.2, 0) is 4.74 Å². The van der Waals surface area contributed by atoms with Gasteiger partial charge in [-0.1, -0.05) is 0 Å². The third-order valence-corrected chi connectivity index (χ3v) is 5.99. The van der Waals surface area contributed by atoms with Gasteiger partial charge in [0, 0.05) is 49.7 Å². The molecule has 2 aromatic rings. The maximum Gasteiger partial charge on any atom is 0.253 e. The normalized spacial score (nSPS) is 20.1. The summed E-state index contributed by atoms with van der Waals surface area (Å²) in [6.07, 6.45) is 5.25. The lowest BCUT2D eigenvalue weighted by Crippen LogP contribution is -2.50. The van der Waals surface area contributed by atoms with Crippen LogP contribution in [0.1, 0.15) is 54.6 Å². The van der Waals surface area contributed by atoms with Gasteiger partial charge in [-0.05, 0) is 56.7 Å². The number of aromatic nitrogens is 1. The number of halogens is 1. The third-order valence-electron chi connectivity index (χ3n) is 5.99. The second-order valence-electron chi connectivity index (χ2n) is 8.92. The van der Waals surface area contributed by atoms with E-state index in [9.17, 15) is 14.3 Å². The molecule has 1 atom stereocenters. The van der Waals surface area contributed by atoms with E-state index in [0.717, 1.165) is 17.5 Å². The van der Waals surface area contributed by atoms with Crippen molar-refractivity contribution in [1.29, 1.82) is 0 Å². The molecule has 2 aliphatic rings. The molecule has 0 saturated carbocycles. The first-order valence-electron chi connectivity index (χ1n) is 11.0. The average molecular weight is 441 g/mol. The third kappa shape index (κ3) is 4.78. The number of aliphatic hydroxyl groups is 1. The monoisotopic (exact) mass is 440 g/mol. The fraction of sp³-hybridized carbons (Fsp3) is 0.440. The summed E-state index contributed by atoms with van der Waals surface area (Å²) in [7, 11) is 0. The number of ether oxygens (including phenoxy) is 2. The Bertz CT molecular complexity index is 1030. The number of piperidine rings is 1. The Kier molecular flexibility index (Phi) is 6.20. The van der Waals surface area contributed by atoms with Crippen LogP contribution >= 0.6 is 0 Å². The number of pyridine rings is 1. The molecule has 1 amide bonds. The molecule has 170 valence electrons. The summed E-state index contributed by atoms with van der Waals surface area (Å²) in [5.41, 5.74) is 1.47. The van der Waals surface area contributed by atoms with Crippen LogP contribution in [0.15, 0.2) is 42.7 Å². The minimum Gasteiger partial charge on any atom is -0.491 e. The molecule has 4 rings (SSSR count). The van der Waals surface area contributed by atoms with Gasteiger partial charge >= 0.3 is 0 Å².